The number of nitrogens with one attached hydrogen (secondary N) is 1. The average Bonchev–Trinajstić information content (AvgIpc) is 2.48. The largest absolute Gasteiger partial charge is 0.396 e. The summed E-state index contributed by atoms with van der Waals surface area (Å²) in [7, 11) is 3.97. The van der Waals surface area contributed by atoms with Gasteiger partial charge in [0.05, 0.1) is 6.61 Å². The summed E-state index contributed by atoms with van der Waals surface area (Å²) in [5.74, 6) is 0. The fourth-order valence-corrected chi connectivity index (χ4v) is 2.66. The molecule has 1 heterocycles. The van der Waals surface area contributed by atoms with Crippen LogP contribution in [0.1, 0.15) is 19.8 Å². The Morgan fingerprint density at radius 2 is 2.05 bits per heavy atom. The third-order valence-corrected chi connectivity index (χ3v) is 4.08. The molecule has 0 saturated carbocycles. The van der Waals surface area contributed by atoms with Gasteiger partial charge in [-0.15, -0.1) is 0 Å². The van der Waals surface area contributed by atoms with Gasteiger partial charge in [-0.05, 0) is 37.1 Å². The lowest BCUT2D eigenvalue weighted by Crippen LogP contribution is -2.47. The van der Waals surface area contributed by atoms with Crippen molar-refractivity contribution in [3.8, 4) is 0 Å². The van der Waals surface area contributed by atoms with Gasteiger partial charge in [0.25, 0.3) is 0 Å². The Bertz CT molecular complexity index is 487. The molecule has 1 saturated heterocycles. The molecule has 2 rings (SSSR count). The molecule has 1 aliphatic heterocycles. The molecule has 1 aromatic rings. The molecule has 0 aliphatic carbocycles. The van der Waals surface area contributed by atoms with E-state index in [1.165, 1.54) is 0 Å². The van der Waals surface area contributed by atoms with Gasteiger partial charge in [0, 0.05) is 44.0 Å². The van der Waals surface area contributed by atoms with Crippen LogP contribution in [0.5, 0.6) is 0 Å². The summed E-state index contributed by atoms with van der Waals surface area (Å²) in [4.78, 5) is 16.1. The molecule has 116 valence electrons. The molecule has 5 nitrogen and oxygen atoms in total. The number of carbonyl (C=O) groups is 1. The van der Waals surface area contributed by atoms with Crippen LogP contribution in [0.4, 0.5) is 16.2 Å². The minimum absolute atomic E-state index is 0.0908. The maximum Gasteiger partial charge on any atom is 0.321 e. The Morgan fingerprint density at radius 1 is 1.38 bits per heavy atom. The Labute approximate surface area is 126 Å². The van der Waals surface area contributed by atoms with Crippen molar-refractivity contribution in [2.45, 2.75) is 19.8 Å². The summed E-state index contributed by atoms with van der Waals surface area (Å²) >= 11 is 0. The molecule has 2 amide bonds. The van der Waals surface area contributed by atoms with Crippen LogP contribution in [0.2, 0.25) is 0 Å². The predicted molar refractivity (Wildman–Crippen MR) is 85.8 cm³/mol. The van der Waals surface area contributed by atoms with E-state index in [-0.39, 0.29) is 18.1 Å². The number of benzene rings is 1. The second-order valence-corrected chi connectivity index (χ2v) is 6.37. The first-order valence-electron chi connectivity index (χ1n) is 7.38. The van der Waals surface area contributed by atoms with E-state index in [9.17, 15) is 9.90 Å². The number of hydrogen-bond acceptors (Lipinski definition) is 3. The number of likely N-dealkylation sites (tertiary alicyclic amines) is 1. The van der Waals surface area contributed by atoms with E-state index in [2.05, 4.69) is 5.32 Å². The van der Waals surface area contributed by atoms with Crippen LogP contribution >= 0.6 is 0 Å². The fraction of sp³-hybridized carbons (Fsp3) is 0.562. The van der Waals surface area contributed by atoms with E-state index in [1.54, 1.807) is 4.90 Å². The second kappa shape index (κ2) is 6.35. The van der Waals surface area contributed by atoms with Crippen LogP contribution < -0.4 is 10.2 Å². The highest BCUT2D eigenvalue weighted by atomic mass is 16.3. The van der Waals surface area contributed by atoms with Crippen LogP contribution in [0.3, 0.4) is 0 Å². The van der Waals surface area contributed by atoms with Crippen molar-refractivity contribution in [2.24, 2.45) is 5.41 Å². The van der Waals surface area contributed by atoms with Crippen LogP contribution in [-0.2, 0) is 0 Å². The van der Waals surface area contributed by atoms with Crippen LogP contribution in [0.25, 0.3) is 0 Å². The highest BCUT2D eigenvalue weighted by Crippen LogP contribution is 2.29. The monoisotopic (exact) mass is 291 g/mol. The zero-order valence-electron chi connectivity index (χ0n) is 13.1. The van der Waals surface area contributed by atoms with Crippen LogP contribution in [0.15, 0.2) is 24.3 Å². The average molecular weight is 291 g/mol. The molecule has 0 aromatic heterocycles. The van der Waals surface area contributed by atoms with Crippen molar-refractivity contribution >= 4 is 17.4 Å². The third kappa shape index (κ3) is 3.88. The van der Waals surface area contributed by atoms with Crippen molar-refractivity contribution in [2.75, 3.05) is 44.0 Å². The van der Waals surface area contributed by atoms with Gasteiger partial charge in [-0.1, -0.05) is 6.92 Å². The number of piperidine rings is 1. The normalized spacial score (nSPS) is 22.0. The first-order chi connectivity index (χ1) is 9.93. The van der Waals surface area contributed by atoms with E-state index in [4.69, 9.17) is 0 Å². The summed E-state index contributed by atoms with van der Waals surface area (Å²) in [6.45, 7) is 3.49. The molecule has 1 aromatic carbocycles. The fourth-order valence-electron chi connectivity index (χ4n) is 2.66. The number of rotatable bonds is 3. The first-order valence-corrected chi connectivity index (χ1v) is 7.38. The van der Waals surface area contributed by atoms with Crippen molar-refractivity contribution in [3.05, 3.63) is 24.3 Å². The van der Waals surface area contributed by atoms with Crippen molar-refractivity contribution in [1.82, 2.24) is 4.90 Å². The zero-order chi connectivity index (χ0) is 15.5. The molecule has 0 bridgehead atoms. The number of aliphatic hydroxyl groups excluding tert-OH is 1. The lowest BCUT2D eigenvalue weighted by molar-refractivity contribution is 0.0648. The standard InChI is InChI=1S/C16H25N3O2/c1-16(12-20)9-4-10-19(11-16)15(21)17-13-5-7-14(8-6-13)18(2)3/h5-8,20H,4,9-12H2,1-3H3,(H,17,21). The molecule has 1 fully saturated rings. The molecule has 0 radical (unpaired) electrons. The van der Waals surface area contributed by atoms with Gasteiger partial charge >= 0.3 is 6.03 Å². The molecule has 2 N–H and O–H groups in total. The number of anilines is 2. The van der Waals surface area contributed by atoms with Gasteiger partial charge in [-0.2, -0.15) is 0 Å². The van der Waals surface area contributed by atoms with Gasteiger partial charge in [-0.3, -0.25) is 0 Å². The van der Waals surface area contributed by atoms with E-state index >= 15 is 0 Å². The highest BCUT2D eigenvalue weighted by Gasteiger charge is 2.32. The molecule has 5 heteroatoms. The van der Waals surface area contributed by atoms with Gasteiger partial charge in [0.2, 0.25) is 0 Å². The van der Waals surface area contributed by atoms with E-state index in [1.807, 2.05) is 50.2 Å². The minimum atomic E-state index is -0.176. The van der Waals surface area contributed by atoms with Crippen molar-refractivity contribution in [3.63, 3.8) is 0 Å². The first kappa shape index (κ1) is 15.6. The number of urea groups is 1. The van der Waals surface area contributed by atoms with Gasteiger partial charge in [0.1, 0.15) is 0 Å². The lowest BCUT2D eigenvalue weighted by atomic mass is 9.83. The third-order valence-electron chi connectivity index (χ3n) is 4.08. The summed E-state index contributed by atoms with van der Waals surface area (Å²) in [5, 5.41) is 12.4. The molecule has 1 unspecified atom stereocenters. The molecule has 21 heavy (non-hydrogen) atoms. The van der Waals surface area contributed by atoms with Crippen LogP contribution in [-0.4, -0.2) is 49.8 Å². The summed E-state index contributed by atoms with van der Waals surface area (Å²) in [6.07, 6.45) is 1.90. The number of carbonyl (C=O) groups excluding carboxylic acids is 1. The highest BCUT2D eigenvalue weighted by molar-refractivity contribution is 5.89. The van der Waals surface area contributed by atoms with Crippen molar-refractivity contribution in [1.29, 1.82) is 0 Å². The number of aliphatic hydroxyl groups is 1. The number of amides is 2. The Hall–Kier alpha value is -1.75. The molecule has 0 spiro atoms. The Balaban J connectivity index is 1.97. The Kier molecular flexibility index (Phi) is 4.73. The summed E-state index contributed by atoms with van der Waals surface area (Å²) in [5.41, 5.74) is 1.71. The van der Waals surface area contributed by atoms with Gasteiger partial charge in [0.15, 0.2) is 0 Å². The molecule has 1 atom stereocenters. The summed E-state index contributed by atoms with van der Waals surface area (Å²) < 4.78 is 0. The number of hydrogen-bond donors (Lipinski definition) is 2. The van der Waals surface area contributed by atoms with E-state index < -0.39 is 0 Å². The van der Waals surface area contributed by atoms with Gasteiger partial charge < -0.3 is 20.2 Å². The Morgan fingerprint density at radius 3 is 2.62 bits per heavy atom. The molecular formula is C16H25N3O2. The number of nitrogens with zero attached hydrogens (tertiary/aromatic N) is 2. The van der Waals surface area contributed by atoms with E-state index in [0.717, 1.165) is 30.8 Å². The minimum Gasteiger partial charge on any atom is -0.396 e. The molecule has 1 aliphatic rings. The van der Waals surface area contributed by atoms with Gasteiger partial charge in [-0.25, -0.2) is 4.79 Å². The van der Waals surface area contributed by atoms with E-state index in [0.29, 0.717) is 6.54 Å². The molecular weight excluding hydrogens is 266 g/mol. The maximum atomic E-state index is 12.3. The maximum absolute atomic E-state index is 12.3. The topological polar surface area (TPSA) is 55.8 Å². The smallest absolute Gasteiger partial charge is 0.321 e. The predicted octanol–water partition coefficient (Wildman–Crippen LogP) is 2.38. The summed E-state index contributed by atoms with van der Waals surface area (Å²) in [6, 6.07) is 7.67. The lowest BCUT2D eigenvalue weighted by Gasteiger charge is -2.39. The SMILES string of the molecule is CN(C)c1ccc(NC(=O)N2CCCC(C)(CO)C2)cc1. The zero-order valence-corrected chi connectivity index (χ0v) is 13.1. The quantitative estimate of drug-likeness (QED) is 0.899. The van der Waals surface area contributed by atoms with Crippen molar-refractivity contribution < 1.29 is 9.90 Å². The van der Waals surface area contributed by atoms with Crippen LogP contribution in [0, 0.1) is 5.41 Å². The second-order valence-electron chi connectivity index (χ2n) is 6.37.